The van der Waals surface area contributed by atoms with E-state index < -0.39 is 11.6 Å². The van der Waals surface area contributed by atoms with Crippen molar-refractivity contribution in [3.63, 3.8) is 0 Å². The van der Waals surface area contributed by atoms with E-state index in [1.54, 1.807) is 6.07 Å². The number of anilines is 1. The molecule has 4 fully saturated rings. The number of piperidine rings is 3. The van der Waals surface area contributed by atoms with Gasteiger partial charge in [-0.1, -0.05) is 24.6 Å². The minimum absolute atomic E-state index is 0. The summed E-state index contributed by atoms with van der Waals surface area (Å²) in [5.74, 6) is 0.730. The number of quaternary nitrogens is 1. The fourth-order valence-corrected chi connectivity index (χ4v) is 6.51. The number of esters is 1. The third kappa shape index (κ3) is 4.69. The van der Waals surface area contributed by atoms with Crippen LogP contribution in [0.3, 0.4) is 0 Å². The Morgan fingerprint density at radius 1 is 1.32 bits per heavy atom. The number of hydrogen-bond acceptors (Lipinski definition) is 7. The monoisotopic (exact) mass is 553 g/mol. The number of rotatable bonds is 8. The Bertz CT molecular complexity index is 1000. The first-order valence-corrected chi connectivity index (χ1v) is 12.9. The van der Waals surface area contributed by atoms with Gasteiger partial charge in [-0.2, -0.15) is 0 Å². The molecule has 8 nitrogen and oxygen atoms in total. The van der Waals surface area contributed by atoms with Crippen LogP contribution >= 0.6 is 11.3 Å². The smallest absolute Gasteiger partial charge is 0.344 e. The van der Waals surface area contributed by atoms with Crippen LogP contribution in [0.15, 0.2) is 28.1 Å². The van der Waals surface area contributed by atoms with Gasteiger partial charge in [0.1, 0.15) is 12.3 Å². The van der Waals surface area contributed by atoms with Gasteiger partial charge in [0, 0.05) is 42.0 Å². The van der Waals surface area contributed by atoms with Gasteiger partial charge in [0.25, 0.3) is 5.91 Å². The number of fused-ring (bicyclic) bond motifs is 3. The van der Waals surface area contributed by atoms with Crippen LogP contribution in [-0.2, 0) is 26.3 Å². The van der Waals surface area contributed by atoms with E-state index in [0.29, 0.717) is 28.3 Å². The highest BCUT2D eigenvalue weighted by Crippen LogP contribution is 2.46. The fourth-order valence-electron chi connectivity index (χ4n) is 5.62. The Morgan fingerprint density at radius 2 is 2.09 bits per heavy atom. The predicted molar refractivity (Wildman–Crippen MR) is 122 cm³/mol. The van der Waals surface area contributed by atoms with Crippen molar-refractivity contribution < 1.29 is 45.4 Å². The van der Waals surface area contributed by atoms with Crippen LogP contribution in [0, 0.1) is 11.8 Å². The van der Waals surface area contributed by atoms with Crippen molar-refractivity contribution in [2.45, 2.75) is 57.2 Å². The molecule has 1 amide bonds. The number of hydrogen-bond donors (Lipinski definition) is 2. The molecule has 3 saturated heterocycles. The number of aromatic nitrogens is 1. The molecular formula is C24H32BrN3O5S. The minimum atomic E-state index is -1.56. The van der Waals surface area contributed by atoms with Gasteiger partial charge in [-0.25, -0.2) is 4.79 Å². The minimum Gasteiger partial charge on any atom is -1.00 e. The summed E-state index contributed by atoms with van der Waals surface area (Å²) in [5.41, 5.74) is -1.56. The molecule has 2 N–H and O–H groups in total. The molecule has 2 aromatic rings. The summed E-state index contributed by atoms with van der Waals surface area (Å²) >= 11 is 1.40. The highest BCUT2D eigenvalue weighted by molar-refractivity contribution is 7.10. The number of amides is 1. The highest BCUT2D eigenvalue weighted by Gasteiger charge is 2.54. The van der Waals surface area contributed by atoms with Crippen molar-refractivity contribution >= 4 is 29.0 Å². The maximum Gasteiger partial charge on any atom is 0.344 e. The molecule has 1 saturated carbocycles. The molecule has 10 heteroatoms. The summed E-state index contributed by atoms with van der Waals surface area (Å²) in [6.07, 6.45) is 4.96. The second-order valence-corrected chi connectivity index (χ2v) is 10.8. The second-order valence-electron chi connectivity index (χ2n) is 9.86. The van der Waals surface area contributed by atoms with Crippen molar-refractivity contribution in [3.05, 3.63) is 34.2 Å². The SMILES string of the molecule is CCc1cc(NC(=O)C[N+]23CCC(CC2)[C@@H](OC(=O)C(O)(c2cccs2)C2CCC2)C3)no1.[Br-]. The van der Waals surface area contributed by atoms with Gasteiger partial charge in [0.15, 0.2) is 24.1 Å². The summed E-state index contributed by atoms with van der Waals surface area (Å²) in [4.78, 5) is 26.8. The molecule has 4 aliphatic rings. The molecule has 186 valence electrons. The molecule has 1 unspecified atom stereocenters. The Kier molecular flexibility index (Phi) is 7.52. The first kappa shape index (κ1) is 25.3. The number of carbonyl (C=O) groups is 2. The van der Waals surface area contributed by atoms with E-state index in [9.17, 15) is 14.7 Å². The zero-order valence-electron chi connectivity index (χ0n) is 19.4. The lowest BCUT2D eigenvalue weighted by molar-refractivity contribution is -0.939. The van der Waals surface area contributed by atoms with Gasteiger partial charge in [0.05, 0.1) is 13.1 Å². The molecule has 2 atom stereocenters. The van der Waals surface area contributed by atoms with Crippen LogP contribution in [0.4, 0.5) is 5.82 Å². The molecule has 0 aromatic carbocycles. The van der Waals surface area contributed by atoms with Crippen LogP contribution in [-0.4, -0.2) is 58.9 Å². The largest absolute Gasteiger partial charge is 1.00 e. The summed E-state index contributed by atoms with van der Waals surface area (Å²) in [6, 6.07) is 5.44. The molecule has 2 aromatic heterocycles. The van der Waals surface area contributed by atoms with Crippen molar-refractivity contribution in [3.8, 4) is 0 Å². The van der Waals surface area contributed by atoms with Crippen LogP contribution in [0.2, 0.25) is 0 Å². The summed E-state index contributed by atoms with van der Waals surface area (Å²) in [6.45, 7) is 4.67. The number of carbonyl (C=O) groups excluding carboxylic acids is 2. The van der Waals surface area contributed by atoms with Gasteiger partial charge in [0.2, 0.25) is 0 Å². The van der Waals surface area contributed by atoms with Gasteiger partial charge < -0.3 is 41.1 Å². The van der Waals surface area contributed by atoms with E-state index in [1.165, 1.54) is 11.3 Å². The Labute approximate surface area is 214 Å². The number of nitrogens with zero attached hydrogens (tertiary/aromatic N) is 2. The van der Waals surface area contributed by atoms with Crippen molar-refractivity contribution in [1.82, 2.24) is 5.16 Å². The Morgan fingerprint density at radius 3 is 2.68 bits per heavy atom. The van der Waals surface area contributed by atoms with E-state index >= 15 is 0 Å². The van der Waals surface area contributed by atoms with E-state index in [-0.39, 0.29) is 40.8 Å². The van der Waals surface area contributed by atoms with E-state index in [1.807, 2.05) is 24.4 Å². The average molecular weight is 555 g/mol. The molecule has 0 radical (unpaired) electrons. The van der Waals surface area contributed by atoms with Crippen LogP contribution in [0.1, 0.15) is 49.7 Å². The molecule has 5 heterocycles. The average Bonchev–Trinajstić information content (AvgIpc) is 3.45. The van der Waals surface area contributed by atoms with Gasteiger partial charge in [-0.3, -0.25) is 4.79 Å². The third-order valence-electron chi connectivity index (χ3n) is 7.86. The Balaban J connectivity index is 0.00000274. The predicted octanol–water partition coefficient (Wildman–Crippen LogP) is 0.0811. The number of nitrogens with one attached hydrogen (secondary N) is 1. The molecule has 0 spiro atoms. The fraction of sp³-hybridized carbons (Fsp3) is 0.625. The van der Waals surface area contributed by atoms with Gasteiger partial charge in [-0.15, -0.1) is 11.3 Å². The third-order valence-corrected chi connectivity index (χ3v) is 8.85. The van der Waals surface area contributed by atoms with Crippen molar-refractivity contribution in [1.29, 1.82) is 0 Å². The summed E-state index contributed by atoms with van der Waals surface area (Å²) in [7, 11) is 0. The molecule has 34 heavy (non-hydrogen) atoms. The van der Waals surface area contributed by atoms with Crippen molar-refractivity contribution in [2.75, 3.05) is 31.5 Å². The van der Waals surface area contributed by atoms with Crippen molar-refractivity contribution in [2.24, 2.45) is 11.8 Å². The standard InChI is InChI=1S/C24H31N3O5S.BrH/c1-2-18-13-21(26-32-18)25-22(28)15-27-10-8-16(9-11-27)19(14-27)31-23(29)24(30,17-5-3-6-17)20-7-4-12-33-20;/h4,7,12-13,16-17,19,30H,2-3,5-6,8-11,14-15H2,1H3;1H/t16?,19-,24?,27?;/m0./s1. The molecule has 6 rings (SSSR count). The van der Waals surface area contributed by atoms with E-state index in [2.05, 4.69) is 10.5 Å². The normalized spacial score (nSPS) is 27.8. The Hall–Kier alpha value is -1.75. The summed E-state index contributed by atoms with van der Waals surface area (Å²) < 4.78 is 11.8. The van der Waals surface area contributed by atoms with E-state index in [4.69, 9.17) is 9.26 Å². The van der Waals surface area contributed by atoms with Crippen LogP contribution in [0.5, 0.6) is 0 Å². The number of ether oxygens (including phenoxy) is 1. The molecular weight excluding hydrogens is 522 g/mol. The van der Waals surface area contributed by atoms with Gasteiger partial charge >= 0.3 is 5.97 Å². The topological polar surface area (TPSA) is 102 Å². The zero-order chi connectivity index (χ0) is 23.1. The number of aryl methyl sites for hydroxylation is 1. The molecule has 3 aliphatic heterocycles. The molecule has 2 bridgehead atoms. The van der Waals surface area contributed by atoms with E-state index in [0.717, 1.165) is 57.4 Å². The maximum absolute atomic E-state index is 13.4. The highest BCUT2D eigenvalue weighted by atomic mass is 79.9. The quantitative estimate of drug-likeness (QED) is 0.354. The first-order valence-electron chi connectivity index (χ1n) is 12.0. The number of aliphatic hydroxyl groups is 1. The summed E-state index contributed by atoms with van der Waals surface area (Å²) in [5, 5.41) is 20.1. The zero-order valence-corrected chi connectivity index (χ0v) is 21.8. The lowest BCUT2D eigenvalue weighted by Crippen LogP contribution is -3.00. The lowest BCUT2D eigenvalue weighted by atomic mass is 9.72. The van der Waals surface area contributed by atoms with Crippen LogP contribution < -0.4 is 22.3 Å². The lowest BCUT2D eigenvalue weighted by Gasteiger charge is -2.52. The van der Waals surface area contributed by atoms with Gasteiger partial charge in [-0.05, 0) is 24.3 Å². The number of halogens is 1. The second kappa shape index (κ2) is 10.1. The van der Waals surface area contributed by atoms with Crippen LogP contribution in [0.25, 0.3) is 0 Å². The molecule has 1 aliphatic carbocycles. The number of thiophene rings is 1. The maximum atomic E-state index is 13.4. The first-order chi connectivity index (χ1) is 15.9.